The molecule has 0 fully saturated rings. The first-order valence-electron chi connectivity index (χ1n) is 8.93. The Kier molecular flexibility index (Phi) is 4.47. The standard InChI is InChI=1S/C22H15Cl3N2O/c23-14-10-16-20-12-19(13-6-2-1-3-7-13)26-27(20)22(28-21(16)18(25)11-14)15-8-4-5-9-17(15)24/h1-11,20,22H,12H2/t20-,22+/m1/s1. The van der Waals surface area contributed by atoms with Crippen molar-refractivity contribution in [2.24, 2.45) is 5.10 Å². The van der Waals surface area contributed by atoms with E-state index in [1.54, 1.807) is 6.07 Å². The molecule has 3 aromatic rings. The molecule has 2 atom stereocenters. The number of benzene rings is 3. The van der Waals surface area contributed by atoms with Gasteiger partial charge in [0.2, 0.25) is 6.23 Å². The van der Waals surface area contributed by atoms with E-state index in [0.717, 1.165) is 28.8 Å². The van der Waals surface area contributed by atoms with Crippen LogP contribution in [0.25, 0.3) is 0 Å². The lowest BCUT2D eigenvalue weighted by atomic mass is 9.96. The smallest absolute Gasteiger partial charge is 0.215 e. The van der Waals surface area contributed by atoms with E-state index in [9.17, 15) is 0 Å². The summed E-state index contributed by atoms with van der Waals surface area (Å²) >= 11 is 19.3. The zero-order valence-corrected chi connectivity index (χ0v) is 16.9. The van der Waals surface area contributed by atoms with Crippen molar-refractivity contribution in [1.82, 2.24) is 5.01 Å². The highest BCUT2D eigenvalue weighted by atomic mass is 35.5. The van der Waals surface area contributed by atoms with Gasteiger partial charge >= 0.3 is 0 Å². The lowest BCUT2D eigenvalue weighted by Crippen LogP contribution is -2.34. The largest absolute Gasteiger partial charge is 0.463 e. The van der Waals surface area contributed by atoms with Gasteiger partial charge in [-0.25, -0.2) is 5.01 Å². The van der Waals surface area contributed by atoms with Crippen molar-refractivity contribution in [2.45, 2.75) is 18.7 Å². The van der Waals surface area contributed by atoms with Gasteiger partial charge in [-0.05, 0) is 23.8 Å². The SMILES string of the molecule is Clc1cc(Cl)c2c(c1)[C@H]1CC(c3ccccc3)=NN1[C@H](c1ccccc1Cl)O2. The summed E-state index contributed by atoms with van der Waals surface area (Å²) < 4.78 is 6.33. The van der Waals surface area contributed by atoms with Crippen LogP contribution in [0.3, 0.4) is 0 Å². The molecule has 0 radical (unpaired) electrons. The summed E-state index contributed by atoms with van der Waals surface area (Å²) in [4.78, 5) is 0. The van der Waals surface area contributed by atoms with Crippen LogP contribution in [-0.2, 0) is 0 Å². The average Bonchev–Trinajstić information content (AvgIpc) is 3.15. The van der Waals surface area contributed by atoms with E-state index in [-0.39, 0.29) is 6.04 Å². The Morgan fingerprint density at radius 2 is 1.61 bits per heavy atom. The van der Waals surface area contributed by atoms with Gasteiger partial charge in [0.25, 0.3) is 0 Å². The van der Waals surface area contributed by atoms with E-state index >= 15 is 0 Å². The maximum atomic E-state index is 6.49. The van der Waals surface area contributed by atoms with Crippen LogP contribution >= 0.6 is 34.8 Å². The minimum absolute atomic E-state index is 0.0311. The van der Waals surface area contributed by atoms with E-state index in [1.807, 2.05) is 53.5 Å². The molecule has 3 aromatic carbocycles. The van der Waals surface area contributed by atoms with E-state index in [0.29, 0.717) is 20.8 Å². The highest BCUT2D eigenvalue weighted by Crippen LogP contribution is 2.51. The molecular formula is C22H15Cl3N2O. The number of hydrogen-bond acceptors (Lipinski definition) is 3. The molecule has 2 heterocycles. The van der Waals surface area contributed by atoms with Crippen LogP contribution in [0.1, 0.15) is 35.4 Å². The maximum absolute atomic E-state index is 6.49. The van der Waals surface area contributed by atoms with Gasteiger partial charge < -0.3 is 4.74 Å². The van der Waals surface area contributed by atoms with Crippen LogP contribution in [0.4, 0.5) is 0 Å². The Labute approximate surface area is 178 Å². The average molecular weight is 430 g/mol. The Morgan fingerprint density at radius 1 is 0.857 bits per heavy atom. The second-order valence-electron chi connectivity index (χ2n) is 6.81. The summed E-state index contributed by atoms with van der Waals surface area (Å²) in [7, 11) is 0. The van der Waals surface area contributed by atoms with Crippen LogP contribution < -0.4 is 4.74 Å². The number of hydrogen-bond donors (Lipinski definition) is 0. The summed E-state index contributed by atoms with van der Waals surface area (Å²) in [5.41, 5.74) is 3.87. The summed E-state index contributed by atoms with van der Waals surface area (Å²) in [6.07, 6.45) is 0.268. The first-order valence-corrected chi connectivity index (χ1v) is 10.1. The Bertz CT molecular complexity index is 1080. The molecule has 0 saturated carbocycles. The molecule has 28 heavy (non-hydrogen) atoms. The van der Waals surface area contributed by atoms with Crippen molar-refractivity contribution < 1.29 is 4.74 Å². The van der Waals surface area contributed by atoms with E-state index in [1.165, 1.54) is 0 Å². The second kappa shape index (κ2) is 7.00. The normalized spacial score (nSPS) is 20.2. The third kappa shape index (κ3) is 2.95. The van der Waals surface area contributed by atoms with Gasteiger partial charge in [0, 0.05) is 27.6 Å². The maximum Gasteiger partial charge on any atom is 0.215 e. The number of ether oxygens (including phenoxy) is 1. The highest BCUT2D eigenvalue weighted by Gasteiger charge is 2.42. The summed E-state index contributed by atoms with van der Waals surface area (Å²) in [6, 6.07) is 21.4. The minimum Gasteiger partial charge on any atom is -0.463 e. The molecule has 2 aliphatic heterocycles. The molecule has 2 aliphatic rings. The molecule has 140 valence electrons. The Balaban J connectivity index is 1.66. The predicted molar refractivity (Wildman–Crippen MR) is 113 cm³/mol. The quantitative estimate of drug-likeness (QED) is 0.443. The fraction of sp³-hybridized carbons (Fsp3) is 0.136. The van der Waals surface area contributed by atoms with Crippen LogP contribution in [-0.4, -0.2) is 10.7 Å². The van der Waals surface area contributed by atoms with Gasteiger partial charge in [-0.2, -0.15) is 5.10 Å². The molecule has 0 aliphatic carbocycles. The third-order valence-corrected chi connectivity index (χ3v) is 5.93. The number of nitrogens with zero attached hydrogens (tertiary/aromatic N) is 2. The van der Waals surface area contributed by atoms with Crippen molar-refractivity contribution in [1.29, 1.82) is 0 Å². The van der Waals surface area contributed by atoms with E-state index in [2.05, 4.69) is 12.1 Å². The molecule has 0 unspecified atom stereocenters. The molecule has 0 bridgehead atoms. The van der Waals surface area contributed by atoms with Gasteiger partial charge in [0.1, 0.15) is 5.75 Å². The molecule has 0 saturated heterocycles. The number of hydrazone groups is 1. The van der Waals surface area contributed by atoms with Crippen molar-refractivity contribution in [3.05, 3.63) is 98.5 Å². The second-order valence-corrected chi connectivity index (χ2v) is 8.06. The lowest BCUT2D eigenvalue weighted by molar-refractivity contribution is -0.0188. The number of rotatable bonds is 2. The highest BCUT2D eigenvalue weighted by molar-refractivity contribution is 6.35. The molecule has 0 spiro atoms. The Hall–Kier alpha value is -2.20. The van der Waals surface area contributed by atoms with Gasteiger partial charge in [0.15, 0.2) is 0 Å². The predicted octanol–water partition coefficient (Wildman–Crippen LogP) is 6.89. The van der Waals surface area contributed by atoms with E-state index < -0.39 is 6.23 Å². The van der Waals surface area contributed by atoms with Crippen LogP contribution in [0.2, 0.25) is 15.1 Å². The van der Waals surface area contributed by atoms with Crippen LogP contribution in [0.15, 0.2) is 71.8 Å². The van der Waals surface area contributed by atoms with Crippen molar-refractivity contribution >= 4 is 40.5 Å². The summed E-state index contributed by atoms with van der Waals surface area (Å²) in [5.74, 6) is 0.641. The molecule has 3 nitrogen and oxygen atoms in total. The summed E-state index contributed by atoms with van der Waals surface area (Å²) in [6.45, 7) is 0. The van der Waals surface area contributed by atoms with E-state index in [4.69, 9.17) is 44.6 Å². The van der Waals surface area contributed by atoms with Crippen LogP contribution in [0.5, 0.6) is 5.75 Å². The molecule has 6 heteroatoms. The number of fused-ring (bicyclic) bond motifs is 3. The molecule has 5 rings (SSSR count). The molecule has 0 amide bonds. The zero-order valence-electron chi connectivity index (χ0n) is 14.6. The van der Waals surface area contributed by atoms with Crippen molar-refractivity contribution in [3.8, 4) is 5.75 Å². The first-order chi connectivity index (χ1) is 13.6. The monoisotopic (exact) mass is 428 g/mol. The van der Waals surface area contributed by atoms with Gasteiger partial charge in [-0.15, -0.1) is 0 Å². The molecular weight excluding hydrogens is 415 g/mol. The molecule has 0 aromatic heterocycles. The Morgan fingerprint density at radius 3 is 2.39 bits per heavy atom. The molecule has 0 N–H and O–H groups in total. The van der Waals surface area contributed by atoms with Crippen molar-refractivity contribution in [2.75, 3.05) is 0 Å². The van der Waals surface area contributed by atoms with Gasteiger partial charge in [-0.1, -0.05) is 83.3 Å². The zero-order chi connectivity index (χ0) is 19.3. The lowest BCUT2D eigenvalue weighted by Gasteiger charge is -2.38. The van der Waals surface area contributed by atoms with Gasteiger partial charge in [0.05, 0.1) is 16.8 Å². The topological polar surface area (TPSA) is 24.8 Å². The number of halogens is 3. The fourth-order valence-corrected chi connectivity index (χ4v) is 4.58. The minimum atomic E-state index is -0.467. The fourth-order valence-electron chi connectivity index (χ4n) is 3.80. The third-order valence-electron chi connectivity index (χ3n) is 5.09. The first kappa shape index (κ1) is 17.9. The summed E-state index contributed by atoms with van der Waals surface area (Å²) in [5, 5.41) is 8.59. The van der Waals surface area contributed by atoms with Gasteiger partial charge in [-0.3, -0.25) is 0 Å². The van der Waals surface area contributed by atoms with Crippen molar-refractivity contribution in [3.63, 3.8) is 0 Å². The van der Waals surface area contributed by atoms with Crippen LogP contribution in [0, 0.1) is 0 Å².